The number of thioether (sulfide) groups is 1. The van der Waals surface area contributed by atoms with E-state index in [1.807, 2.05) is 16.7 Å². The number of nitrogens with one attached hydrogen (secondary N) is 1. The van der Waals surface area contributed by atoms with Crippen molar-refractivity contribution in [1.29, 1.82) is 0 Å². The Kier molecular flexibility index (Phi) is 4.93. The Labute approximate surface area is 122 Å². The molecule has 2 rings (SSSR count). The number of nitrogens with zero attached hydrogens (tertiary/aromatic N) is 2. The van der Waals surface area contributed by atoms with Gasteiger partial charge in [-0.15, -0.1) is 0 Å². The van der Waals surface area contributed by atoms with Crippen LogP contribution < -0.4 is 5.32 Å². The minimum atomic E-state index is -0.0687. The Bertz CT molecular complexity index is 469. The van der Waals surface area contributed by atoms with Crippen molar-refractivity contribution in [2.45, 2.75) is 18.6 Å². The molecule has 0 radical (unpaired) electrons. The number of hydrogen-bond donors (Lipinski definition) is 1. The molecule has 19 heavy (non-hydrogen) atoms. The van der Waals surface area contributed by atoms with Gasteiger partial charge in [0.05, 0.1) is 5.02 Å². The summed E-state index contributed by atoms with van der Waals surface area (Å²) < 4.78 is 0. The van der Waals surface area contributed by atoms with Crippen LogP contribution in [0.1, 0.15) is 23.8 Å². The molecule has 1 N–H and O–H groups in total. The lowest BCUT2D eigenvalue weighted by Gasteiger charge is -2.31. The molecule has 0 saturated carbocycles. The van der Waals surface area contributed by atoms with E-state index in [0.717, 1.165) is 25.3 Å². The molecule has 0 bridgehead atoms. The standard InChI is InChI=1S/C13H18ClN3OS/c1-3-9-8-17(6-7-19-9)13(18)12-10(14)4-5-11(15-2)16-12/h4-5,9H,3,6-8H2,1-2H3,(H,15,16). The number of hydrogen-bond acceptors (Lipinski definition) is 4. The predicted molar refractivity (Wildman–Crippen MR) is 81.2 cm³/mol. The van der Waals surface area contributed by atoms with Crippen LogP contribution in [0, 0.1) is 0 Å². The summed E-state index contributed by atoms with van der Waals surface area (Å²) in [4.78, 5) is 18.6. The van der Waals surface area contributed by atoms with Gasteiger partial charge >= 0.3 is 0 Å². The van der Waals surface area contributed by atoms with Gasteiger partial charge in [-0.05, 0) is 18.6 Å². The molecule has 104 valence electrons. The van der Waals surface area contributed by atoms with Crippen LogP contribution in [-0.4, -0.2) is 46.9 Å². The zero-order chi connectivity index (χ0) is 13.8. The number of anilines is 1. The molecule has 6 heteroatoms. The number of aromatic nitrogens is 1. The summed E-state index contributed by atoms with van der Waals surface area (Å²) in [6.45, 7) is 3.70. The molecular weight excluding hydrogens is 282 g/mol. The van der Waals surface area contributed by atoms with Gasteiger partial charge in [0, 0.05) is 31.1 Å². The van der Waals surface area contributed by atoms with Crippen LogP contribution in [-0.2, 0) is 0 Å². The highest BCUT2D eigenvalue weighted by molar-refractivity contribution is 8.00. The average Bonchev–Trinajstić information content (AvgIpc) is 2.47. The molecule has 1 aromatic rings. The fraction of sp³-hybridized carbons (Fsp3) is 0.538. The van der Waals surface area contributed by atoms with E-state index in [9.17, 15) is 4.79 Å². The van der Waals surface area contributed by atoms with Crippen LogP contribution >= 0.6 is 23.4 Å². The van der Waals surface area contributed by atoms with Gasteiger partial charge in [0.2, 0.25) is 0 Å². The van der Waals surface area contributed by atoms with Gasteiger partial charge in [-0.25, -0.2) is 4.98 Å². The Balaban J connectivity index is 2.18. The molecular formula is C13H18ClN3OS. The molecule has 1 unspecified atom stereocenters. The maximum atomic E-state index is 12.5. The topological polar surface area (TPSA) is 45.2 Å². The Hall–Kier alpha value is -0.940. The van der Waals surface area contributed by atoms with Gasteiger partial charge < -0.3 is 10.2 Å². The van der Waals surface area contributed by atoms with Gasteiger partial charge in [-0.1, -0.05) is 18.5 Å². The molecule has 4 nitrogen and oxygen atoms in total. The van der Waals surface area contributed by atoms with Crippen molar-refractivity contribution in [3.63, 3.8) is 0 Å². The van der Waals surface area contributed by atoms with Crippen LogP contribution in [0.25, 0.3) is 0 Å². The van der Waals surface area contributed by atoms with E-state index in [2.05, 4.69) is 17.2 Å². The van der Waals surface area contributed by atoms with Crippen molar-refractivity contribution in [2.75, 3.05) is 31.2 Å². The molecule has 0 spiro atoms. The third kappa shape index (κ3) is 3.34. The van der Waals surface area contributed by atoms with E-state index < -0.39 is 0 Å². The fourth-order valence-corrected chi connectivity index (χ4v) is 3.40. The van der Waals surface area contributed by atoms with Crippen LogP contribution in [0.15, 0.2) is 12.1 Å². The highest BCUT2D eigenvalue weighted by atomic mass is 35.5. The third-order valence-electron chi connectivity index (χ3n) is 3.19. The zero-order valence-corrected chi connectivity index (χ0v) is 12.7. The quantitative estimate of drug-likeness (QED) is 0.932. The summed E-state index contributed by atoms with van der Waals surface area (Å²) in [6, 6.07) is 3.48. The number of rotatable bonds is 3. The largest absolute Gasteiger partial charge is 0.373 e. The molecule has 1 aliphatic rings. The summed E-state index contributed by atoms with van der Waals surface area (Å²) >= 11 is 8.03. The molecule has 0 aromatic carbocycles. The average molecular weight is 300 g/mol. The molecule has 1 aromatic heterocycles. The van der Waals surface area contributed by atoms with Gasteiger partial charge in [-0.2, -0.15) is 11.8 Å². The first kappa shape index (κ1) is 14.5. The summed E-state index contributed by atoms with van der Waals surface area (Å²) in [6.07, 6.45) is 1.08. The minimum Gasteiger partial charge on any atom is -0.373 e. The third-order valence-corrected chi connectivity index (χ3v) is 4.86. The second-order valence-electron chi connectivity index (χ2n) is 4.43. The van der Waals surface area contributed by atoms with Crippen LogP contribution in [0.5, 0.6) is 0 Å². The van der Waals surface area contributed by atoms with E-state index in [-0.39, 0.29) is 5.91 Å². The highest BCUT2D eigenvalue weighted by Crippen LogP contribution is 2.24. The first-order valence-corrected chi connectivity index (χ1v) is 7.83. The zero-order valence-electron chi connectivity index (χ0n) is 11.1. The summed E-state index contributed by atoms with van der Waals surface area (Å²) in [5.74, 6) is 1.57. The minimum absolute atomic E-state index is 0.0687. The first-order valence-electron chi connectivity index (χ1n) is 6.41. The molecule has 1 atom stereocenters. The van der Waals surface area contributed by atoms with Crippen molar-refractivity contribution in [3.8, 4) is 0 Å². The van der Waals surface area contributed by atoms with Crippen molar-refractivity contribution in [1.82, 2.24) is 9.88 Å². The monoisotopic (exact) mass is 299 g/mol. The fourth-order valence-electron chi connectivity index (χ4n) is 2.03. The van der Waals surface area contributed by atoms with E-state index in [1.54, 1.807) is 19.2 Å². The van der Waals surface area contributed by atoms with Gasteiger partial charge in [0.25, 0.3) is 5.91 Å². The molecule has 1 fully saturated rings. The highest BCUT2D eigenvalue weighted by Gasteiger charge is 2.26. The Morgan fingerprint density at radius 2 is 2.42 bits per heavy atom. The lowest BCUT2D eigenvalue weighted by atomic mass is 10.2. The van der Waals surface area contributed by atoms with Crippen molar-refractivity contribution in [3.05, 3.63) is 22.8 Å². The summed E-state index contributed by atoms with van der Waals surface area (Å²) in [7, 11) is 1.77. The number of pyridine rings is 1. The van der Waals surface area contributed by atoms with Crippen LogP contribution in [0.3, 0.4) is 0 Å². The van der Waals surface area contributed by atoms with E-state index in [1.165, 1.54) is 0 Å². The molecule has 2 heterocycles. The number of carbonyl (C=O) groups is 1. The second-order valence-corrected chi connectivity index (χ2v) is 6.24. The second kappa shape index (κ2) is 6.48. The summed E-state index contributed by atoms with van der Waals surface area (Å²) in [5, 5.41) is 3.86. The number of amides is 1. The number of halogens is 1. The SMILES string of the molecule is CCC1CN(C(=O)c2nc(NC)ccc2Cl)CCS1. The van der Waals surface area contributed by atoms with Crippen molar-refractivity contribution in [2.24, 2.45) is 0 Å². The predicted octanol–water partition coefficient (Wildman–Crippen LogP) is 2.74. The summed E-state index contributed by atoms with van der Waals surface area (Å²) in [5.41, 5.74) is 0.343. The first-order chi connectivity index (χ1) is 9.15. The lowest BCUT2D eigenvalue weighted by Crippen LogP contribution is -2.42. The van der Waals surface area contributed by atoms with E-state index in [4.69, 9.17) is 11.6 Å². The maximum absolute atomic E-state index is 12.5. The van der Waals surface area contributed by atoms with E-state index >= 15 is 0 Å². The van der Waals surface area contributed by atoms with Gasteiger partial charge in [0.1, 0.15) is 11.5 Å². The molecule has 1 aliphatic heterocycles. The van der Waals surface area contributed by atoms with Crippen molar-refractivity contribution < 1.29 is 4.79 Å². The van der Waals surface area contributed by atoms with Gasteiger partial charge in [0.15, 0.2) is 0 Å². The number of carbonyl (C=O) groups excluding carboxylic acids is 1. The Morgan fingerprint density at radius 1 is 1.63 bits per heavy atom. The van der Waals surface area contributed by atoms with Crippen LogP contribution in [0.4, 0.5) is 5.82 Å². The maximum Gasteiger partial charge on any atom is 0.274 e. The van der Waals surface area contributed by atoms with E-state index in [0.29, 0.717) is 21.8 Å². The molecule has 1 saturated heterocycles. The molecule has 0 aliphatic carbocycles. The normalized spacial score (nSPS) is 19.3. The lowest BCUT2D eigenvalue weighted by molar-refractivity contribution is 0.0755. The van der Waals surface area contributed by atoms with Crippen LogP contribution in [0.2, 0.25) is 5.02 Å². The molecule has 1 amide bonds. The smallest absolute Gasteiger partial charge is 0.274 e. The van der Waals surface area contributed by atoms with Gasteiger partial charge in [-0.3, -0.25) is 4.79 Å². The van der Waals surface area contributed by atoms with Crippen molar-refractivity contribution >= 4 is 35.1 Å². The Morgan fingerprint density at radius 3 is 3.11 bits per heavy atom.